The highest BCUT2D eigenvalue weighted by Gasteiger charge is 2.46. The number of rotatable bonds is 10. The zero-order chi connectivity index (χ0) is 24.8. The lowest BCUT2D eigenvalue weighted by molar-refractivity contribution is -0.140. The molecule has 0 spiro atoms. The molecule has 0 unspecified atom stereocenters. The molecule has 180 valence electrons. The summed E-state index contributed by atoms with van der Waals surface area (Å²) in [4.78, 5) is 29.8. The monoisotopic (exact) mass is 466 g/mol. The fourth-order valence-corrected chi connectivity index (χ4v) is 4.15. The van der Waals surface area contributed by atoms with Gasteiger partial charge in [0, 0.05) is 18.7 Å². The number of hydrogen-bond acceptors (Lipinski definition) is 5. The van der Waals surface area contributed by atoms with E-state index in [1.54, 1.807) is 36.4 Å². The topological polar surface area (TPSA) is 70.1 Å². The molecule has 7 heteroatoms. The third kappa shape index (κ3) is 5.20. The van der Waals surface area contributed by atoms with Gasteiger partial charge in [-0.15, -0.1) is 0 Å². The number of halogens is 1. The summed E-state index contributed by atoms with van der Waals surface area (Å²) in [6.45, 7) is 12.4. The van der Waals surface area contributed by atoms with E-state index < -0.39 is 23.5 Å². The second kappa shape index (κ2) is 11.1. The summed E-state index contributed by atoms with van der Waals surface area (Å²) >= 11 is 0. The van der Waals surface area contributed by atoms with Crippen LogP contribution >= 0.6 is 0 Å². The minimum Gasteiger partial charge on any atom is -0.507 e. The largest absolute Gasteiger partial charge is 0.507 e. The maximum absolute atomic E-state index is 13.6. The van der Waals surface area contributed by atoms with Crippen molar-refractivity contribution in [2.24, 2.45) is 0 Å². The zero-order valence-electron chi connectivity index (χ0n) is 19.9. The summed E-state index contributed by atoms with van der Waals surface area (Å²) in [6, 6.07) is 9.91. The van der Waals surface area contributed by atoms with Crippen LogP contribution in [0.5, 0.6) is 5.75 Å². The molecule has 0 aromatic heterocycles. The van der Waals surface area contributed by atoms with Crippen LogP contribution in [0.1, 0.15) is 36.6 Å². The summed E-state index contributed by atoms with van der Waals surface area (Å²) in [7, 11) is 0. The Morgan fingerprint density at radius 1 is 1.18 bits per heavy atom. The number of likely N-dealkylation sites (tertiary alicyclic amines) is 1. The SMILES string of the molecule is C=CCOc1ccc(C(O)=C2C(=O)C(=O)N(CCN(CC)CC)[C@H]2c2ccc(F)cc2)cc1C. The first kappa shape index (κ1) is 25.2. The molecule has 0 radical (unpaired) electrons. The lowest BCUT2D eigenvalue weighted by Gasteiger charge is -2.28. The second-order valence-electron chi connectivity index (χ2n) is 8.15. The van der Waals surface area contributed by atoms with E-state index in [1.807, 2.05) is 20.8 Å². The highest BCUT2D eigenvalue weighted by Crippen LogP contribution is 2.39. The molecular weight excluding hydrogens is 435 g/mol. The van der Waals surface area contributed by atoms with Gasteiger partial charge >= 0.3 is 0 Å². The number of carbonyl (C=O) groups is 2. The average molecular weight is 467 g/mol. The van der Waals surface area contributed by atoms with E-state index in [0.717, 1.165) is 18.7 Å². The van der Waals surface area contributed by atoms with Crippen molar-refractivity contribution >= 4 is 17.4 Å². The van der Waals surface area contributed by atoms with Gasteiger partial charge in [0.1, 0.15) is 23.9 Å². The van der Waals surface area contributed by atoms with Crippen molar-refractivity contribution in [3.05, 3.63) is 83.2 Å². The fourth-order valence-electron chi connectivity index (χ4n) is 4.15. The minimum atomic E-state index is -0.812. The van der Waals surface area contributed by atoms with Gasteiger partial charge in [0.25, 0.3) is 11.7 Å². The molecule has 1 aliphatic rings. The molecule has 1 saturated heterocycles. The molecule has 3 rings (SSSR count). The Kier molecular flexibility index (Phi) is 8.23. The third-order valence-electron chi connectivity index (χ3n) is 6.08. The quantitative estimate of drug-likeness (QED) is 0.242. The first-order valence-corrected chi connectivity index (χ1v) is 11.4. The molecule has 1 amide bonds. The van der Waals surface area contributed by atoms with Crippen molar-refractivity contribution in [1.82, 2.24) is 9.80 Å². The number of Topliss-reactive ketones (excluding diaryl/α,β-unsaturated/α-hetero) is 1. The number of likely N-dealkylation sites (N-methyl/N-ethyl adjacent to an activating group) is 1. The van der Waals surface area contributed by atoms with Gasteiger partial charge in [0.05, 0.1) is 11.6 Å². The molecule has 1 fully saturated rings. The number of aryl methyl sites for hydroxylation is 1. The van der Waals surface area contributed by atoms with Gasteiger partial charge in [-0.2, -0.15) is 0 Å². The molecule has 0 saturated carbocycles. The van der Waals surface area contributed by atoms with Crippen LogP contribution in [0, 0.1) is 12.7 Å². The molecule has 2 aromatic rings. The standard InChI is InChI=1S/C27H31FN2O4/c1-5-16-34-22-13-10-20(17-18(22)4)25(31)23-24(19-8-11-21(28)12-9-19)30(27(33)26(23)32)15-14-29(6-2)7-3/h5,8-13,17,24,31H,1,6-7,14-16H2,2-4H3/t24-/m0/s1. The van der Waals surface area contributed by atoms with Gasteiger partial charge < -0.3 is 19.6 Å². The van der Waals surface area contributed by atoms with Gasteiger partial charge in [-0.1, -0.05) is 38.6 Å². The minimum absolute atomic E-state index is 0.00434. The normalized spacial score (nSPS) is 17.4. The van der Waals surface area contributed by atoms with E-state index in [2.05, 4.69) is 11.5 Å². The first-order chi connectivity index (χ1) is 16.3. The van der Waals surface area contributed by atoms with Crippen LogP contribution in [0.15, 0.2) is 60.7 Å². The third-order valence-corrected chi connectivity index (χ3v) is 6.08. The van der Waals surface area contributed by atoms with Gasteiger partial charge in [0.15, 0.2) is 0 Å². The summed E-state index contributed by atoms with van der Waals surface area (Å²) < 4.78 is 19.2. The second-order valence-corrected chi connectivity index (χ2v) is 8.15. The number of ether oxygens (including phenoxy) is 1. The number of aliphatic hydroxyl groups is 1. The Bertz CT molecular complexity index is 1090. The number of ketones is 1. The highest BCUT2D eigenvalue weighted by atomic mass is 19.1. The van der Waals surface area contributed by atoms with Crippen molar-refractivity contribution in [2.75, 3.05) is 32.8 Å². The van der Waals surface area contributed by atoms with Gasteiger partial charge in [-0.25, -0.2) is 4.39 Å². The molecule has 0 bridgehead atoms. The van der Waals surface area contributed by atoms with Crippen LogP contribution in [0.25, 0.3) is 5.76 Å². The van der Waals surface area contributed by atoms with Crippen molar-refractivity contribution in [1.29, 1.82) is 0 Å². The van der Waals surface area contributed by atoms with Crippen LogP contribution in [0.3, 0.4) is 0 Å². The summed E-state index contributed by atoms with van der Waals surface area (Å²) in [5.41, 5.74) is 1.72. The highest BCUT2D eigenvalue weighted by molar-refractivity contribution is 6.46. The Morgan fingerprint density at radius 2 is 1.85 bits per heavy atom. The van der Waals surface area contributed by atoms with Crippen LogP contribution in [-0.4, -0.2) is 59.4 Å². The van der Waals surface area contributed by atoms with E-state index >= 15 is 0 Å². The van der Waals surface area contributed by atoms with Crippen molar-refractivity contribution in [3.63, 3.8) is 0 Å². The number of aliphatic hydroxyl groups excluding tert-OH is 1. The Hall–Kier alpha value is -3.45. The summed E-state index contributed by atoms with van der Waals surface area (Å²) in [5, 5.41) is 11.2. The maximum atomic E-state index is 13.6. The number of carbonyl (C=O) groups excluding carboxylic acids is 2. The zero-order valence-corrected chi connectivity index (χ0v) is 19.9. The van der Waals surface area contributed by atoms with Crippen molar-refractivity contribution in [3.8, 4) is 5.75 Å². The van der Waals surface area contributed by atoms with E-state index in [-0.39, 0.29) is 11.3 Å². The smallest absolute Gasteiger partial charge is 0.295 e. The van der Waals surface area contributed by atoms with E-state index in [4.69, 9.17) is 4.74 Å². The summed E-state index contributed by atoms with van der Waals surface area (Å²) in [5.74, 6) is -1.49. The Labute approximate surface area is 199 Å². The molecule has 34 heavy (non-hydrogen) atoms. The first-order valence-electron chi connectivity index (χ1n) is 11.4. The predicted octanol–water partition coefficient (Wildman–Crippen LogP) is 4.46. The van der Waals surface area contributed by atoms with E-state index in [1.165, 1.54) is 17.0 Å². The molecule has 1 heterocycles. The van der Waals surface area contributed by atoms with Crippen molar-refractivity contribution < 1.29 is 23.8 Å². The Balaban J connectivity index is 2.07. The van der Waals surface area contributed by atoms with E-state index in [0.29, 0.717) is 36.6 Å². The molecule has 1 N–H and O–H groups in total. The summed E-state index contributed by atoms with van der Waals surface area (Å²) in [6.07, 6.45) is 1.63. The van der Waals surface area contributed by atoms with Crippen LogP contribution in [-0.2, 0) is 9.59 Å². The van der Waals surface area contributed by atoms with E-state index in [9.17, 15) is 19.1 Å². The maximum Gasteiger partial charge on any atom is 0.295 e. The number of amides is 1. The number of nitrogens with zero attached hydrogens (tertiary/aromatic N) is 2. The van der Waals surface area contributed by atoms with Crippen molar-refractivity contribution in [2.45, 2.75) is 26.8 Å². The fraction of sp³-hybridized carbons (Fsp3) is 0.333. The van der Waals surface area contributed by atoms with Crippen LogP contribution in [0.4, 0.5) is 4.39 Å². The molecule has 2 aromatic carbocycles. The van der Waals surface area contributed by atoms with Gasteiger partial charge in [-0.05, 0) is 61.5 Å². The number of hydrogen-bond donors (Lipinski definition) is 1. The molecular formula is C27H31FN2O4. The van der Waals surface area contributed by atoms with Gasteiger partial charge in [0.2, 0.25) is 0 Å². The Morgan fingerprint density at radius 3 is 2.44 bits per heavy atom. The number of benzene rings is 2. The molecule has 1 aliphatic heterocycles. The molecule has 6 nitrogen and oxygen atoms in total. The lowest BCUT2D eigenvalue weighted by atomic mass is 9.94. The van der Waals surface area contributed by atoms with Crippen LogP contribution < -0.4 is 4.74 Å². The average Bonchev–Trinajstić information content (AvgIpc) is 3.09. The van der Waals surface area contributed by atoms with Crippen LogP contribution in [0.2, 0.25) is 0 Å². The lowest BCUT2D eigenvalue weighted by Crippen LogP contribution is -2.38. The predicted molar refractivity (Wildman–Crippen MR) is 130 cm³/mol. The molecule has 1 atom stereocenters. The van der Waals surface area contributed by atoms with Gasteiger partial charge in [-0.3, -0.25) is 9.59 Å². The molecule has 0 aliphatic carbocycles.